The number of rotatable bonds is 4. The summed E-state index contributed by atoms with van der Waals surface area (Å²) in [6, 6.07) is 10.4. The number of aryl methyl sites for hydroxylation is 1. The Hall–Kier alpha value is -2.14. The van der Waals surface area contributed by atoms with E-state index in [1.54, 1.807) is 0 Å². The predicted molar refractivity (Wildman–Crippen MR) is 99.9 cm³/mol. The second-order valence-electron chi connectivity index (χ2n) is 7.48. The van der Waals surface area contributed by atoms with Gasteiger partial charge in [-0.25, -0.2) is 0 Å². The van der Waals surface area contributed by atoms with Gasteiger partial charge in [0.25, 0.3) is 0 Å². The SMILES string of the molecule is Cc1nn(Cc2ccccc2)c(C)c1[C@@H]1COCCN1C(=O)C1CCC1. The quantitative estimate of drug-likeness (QED) is 0.848. The van der Waals surface area contributed by atoms with Gasteiger partial charge < -0.3 is 9.64 Å². The Morgan fingerprint density at radius 3 is 2.69 bits per heavy atom. The van der Waals surface area contributed by atoms with Gasteiger partial charge in [0.15, 0.2) is 0 Å². The molecule has 0 spiro atoms. The smallest absolute Gasteiger partial charge is 0.226 e. The molecule has 26 heavy (non-hydrogen) atoms. The fraction of sp³-hybridized carbons (Fsp3) is 0.524. The molecule has 2 aliphatic rings. The lowest BCUT2D eigenvalue weighted by molar-refractivity contribution is -0.147. The Morgan fingerprint density at radius 2 is 2.00 bits per heavy atom. The Labute approximate surface area is 154 Å². The Bertz CT molecular complexity index is 780. The van der Waals surface area contributed by atoms with E-state index in [0.717, 1.165) is 36.3 Å². The molecule has 0 N–H and O–H groups in total. The molecule has 0 radical (unpaired) electrons. The second-order valence-corrected chi connectivity index (χ2v) is 7.48. The summed E-state index contributed by atoms with van der Waals surface area (Å²) in [5, 5.41) is 4.78. The highest BCUT2D eigenvalue weighted by atomic mass is 16.5. The number of benzene rings is 1. The number of nitrogens with zero attached hydrogens (tertiary/aromatic N) is 3. The van der Waals surface area contributed by atoms with Crippen LogP contribution in [0.1, 0.15) is 47.8 Å². The number of aromatic nitrogens is 2. The molecule has 138 valence electrons. The zero-order valence-corrected chi connectivity index (χ0v) is 15.6. The van der Waals surface area contributed by atoms with E-state index in [1.165, 1.54) is 12.0 Å². The molecule has 1 atom stereocenters. The highest BCUT2D eigenvalue weighted by molar-refractivity contribution is 5.80. The number of ether oxygens (including phenoxy) is 1. The van der Waals surface area contributed by atoms with Crippen LogP contribution >= 0.6 is 0 Å². The normalized spacial score (nSPS) is 20.8. The molecule has 1 aliphatic heterocycles. The molecule has 0 unspecified atom stereocenters. The summed E-state index contributed by atoms with van der Waals surface area (Å²) in [5.41, 5.74) is 4.52. The molecule has 1 aliphatic carbocycles. The van der Waals surface area contributed by atoms with Crippen molar-refractivity contribution in [2.75, 3.05) is 19.8 Å². The summed E-state index contributed by atoms with van der Waals surface area (Å²) in [5.74, 6) is 0.523. The molecule has 2 heterocycles. The lowest BCUT2D eigenvalue weighted by atomic mass is 9.83. The number of amides is 1. The number of carbonyl (C=O) groups is 1. The summed E-state index contributed by atoms with van der Waals surface area (Å²) in [6.45, 7) is 6.78. The standard InChI is InChI=1S/C21H27N3O2/c1-15-20(16(2)24(22-15)13-17-7-4-3-5-8-17)19-14-26-12-11-23(19)21(25)18-9-6-10-18/h3-5,7-8,18-19H,6,9-14H2,1-2H3/t19-/m0/s1. The van der Waals surface area contributed by atoms with Crippen molar-refractivity contribution >= 4 is 5.91 Å². The third-order valence-corrected chi connectivity index (χ3v) is 5.81. The first-order chi connectivity index (χ1) is 12.6. The molecular formula is C21H27N3O2. The average Bonchev–Trinajstić information content (AvgIpc) is 2.88. The lowest BCUT2D eigenvalue weighted by Gasteiger charge is -2.40. The van der Waals surface area contributed by atoms with Crippen LogP contribution in [-0.4, -0.2) is 40.3 Å². The molecule has 1 saturated heterocycles. The van der Waals surface area contributed by atoms with Gasteiger partial charge in [0, 0.05) is 23.7 Å². The highest BCUT2D eigenvalue weighted by Crippen LogP contribution is 2.35. The van der Waals surface area contributed by atoms with Crippen molar-refractivity contribution in [3.63, 3.8) is 0 Å². The highest BCUT2D eigenvalue weighted by Gasteiger charge is 2.37. The van der Waals surface area contributed by atoms with E-state index in [-0.39, 0.29) is 12.0 Å². The van der Waals surface area contributed by atoms with E-state index in [0.29, 0.717) is 25.7 Å². The fourth-order valence-corrected chi connectivity index (χ4v) is 4.10. The van der Waals surface area contributed by atoms with Gasteiger partial charge in [-0.3, -0.25) is 9.48 Å². The summed E-state index contributed by atoms with van der Waals surface area (Å²) in [7, 11) is 0. The van der Waals surface area contributed by atoms with E-state index in [2.05, 4.69) is 40.8 Å². The molecule has 1 amide bonds. The molecule has 5 nitrogen and oxygen atoms in total. The number of morpholine rings is 1. The van der Waals surface area contributed by atoms with Gasteiger partial charge in [-0.1, -0.05) is 36.8 Å². The maximum Gasteiger partial charge on any atom is 0.226 e. The van der Waals surface area contributed by atoms with Crippen molar-refractivity contribution in [3.8, 4) is 0 Å². The first-order valence-corrected chi connectivity index (χ1v) is 9.61. The van der Waals surface area contributed by atoms with Crippen molar-refractivity contribution in [3.05, 3.63) is 52.8 Å². The summed E-state index contributed by atoms with van der Waals surface area (Å²) >= 11 is 0. The monoisotopic (exact) mass is 353 g/mol. The van der Waals surface area contributed by atoms with Crippen molar-refractivity contribution in [2.45, 2.75) is 45.7 Å². The summed E-state index contributed by atoms with van der Waals surface area (Å²) in [6.07, 6.45) is 3.25. The third kappa shape index (κ3) is 3.16. The largest absolute Gasteiger partial charge is 0.377 e. The maximum atomic E-state index is 12.9. The topological polar surface area (TPSA) is 47.4 Å². The maximum absolute atomic E-state index is 12.9. The lowest BCUT2D eigenvalue weighted by Crippen LogP contribution is -2.47. The van der Waals surface area contributed by atoms with Crippen LogP contribution in [0.3, 0.4) is 0 Å². The van der Waals surface area contributed by atoms with Gasteiger partial charge in [0.05, 0.1) is 31.5 Å². The van der Waals surface area contributed by atoms with Gasteiger partial charge in [-0.05, 0) is 32.3 Å². The summed E-state index contributed by atoms with van der Waals surface area (Å²) in [4.78, 5) is 15.0. The zero-order chi connectivity index (χ0) is 18.1. The van der Waals surface area contributed by atoms with Gasteiger partial charge in [-0.2, -0.15) is 5.10 Å². The van der Waals surface area contributed by atoms with Crippen molar-refractivity contribution < 1.29 is 9.53 Å². The van der Waals surface area contributed by atoms with E-state index >= 15 is 0 Å². The minimum absolute atomic E-state index is 0.0126. The molecule has 2 fully saturated rings. The predicted octanol–water partition coefficient (Wildman–Crippen LogP) is 3.25. The minimum atomic E-state index is -0.0126. The van der Waals surface area contributed by atoms with E-state index in [4.69, 9.17) is 9.84 Å². The second kappa shape index (κ2) is 7.23. The molecule has 1 aromatic heterocycles. The summed E-state index contributed by atoms with van der Waals surface area (Å²) < 4.78 is 7.81. The number of hydrogen-bond donors (Lipinski definition) is 0. The zero-order valence-electron chi connectivity index (χ0n) is 15.6. The van der Waals surface area contributed by atoms with Crippen molar-refractivity contribution in [1.29, 1.82) is 0 Å². The molecule has 1 saturated carbocycles. The van der Waals surface area contributed by atoms with Gasteiger partial charge >= 0.3 is 0 Å². The van der Waals surface area contributed by atoms with Crippen molar-refractivity contribution in [1.82, 2.24) is 14.7 Å². The third-order valence-electron chi connectivity index (χ3n) is 5.81. The van der Waals surface area contributed by atoms with Crippen LogP contribution in [0.25, 0.3) is 0 Å². The Balaban J connectivity index is 1.62. The molecule has 2 aromatic rings. The first-order valence-electron chi connectivity index (χ1n) is 9.61. The van der Waals surface area contributed by atoms with Gasteiger partial charge in [0.1, 0.15) is 0 Å². The molecule has 0 bridgehead atoms. The number of carbonyl (C=O) groups excluding carboxylic acids is 1. The molecule has 5 heteroatoms. The van der Waals surface area contributed by atoms with Crippen LogP contribution in [0, 0.1) is 19.8 Å². The first kappa shape index (κ1) is 17.3. The Kier molecular flexibility index (Phi) is 4.81. The molecular weight excluding hydrogens is 326 g/mol. The minimum Gasteiger partial charge on any atom is -0.377 e. The average molecular weight is 353 g/mol. The van der Waals surface area contributed by atoms with E-state index in [1.807, 2.05) is 13.0 Å². The fourth-order valence-electron chi connectivity index (χ4n) is 4.10. The Morgan fingerprint density at radius 1 is 1.23 bits per heavy atom. The van der Waals surface area contributed by atoms with Crippen LogP contribution in [0.4, 0.5) is 0 Å². The van der Waals surface area contributed by atoms with Crippen LogP contribution in [0.15, 0.2) is 30.3 Å². The van der Waals surface area contributed by atoms with Gasteiger partial charge in [-0.15, -0.1) is 0 Å². The van der Waals surface area contributed by atoms with Gasteiger partial charge in [0.2, 0.25) is 5.91 Å². The van der Waals surface area contributed by atoms with E-state index < -0.39 is 0 Å². The van der Waals surface area contributed by atoms with Crippen molar-refractivity contribution in [2.24, 2.45) is 5.92 Å². The molecule has 4 rings (SSSR count). The number of hydrogen-bond acceptors (Lipinski definition) is 3. The van der Waals surface area contributed by atoms with Crippen LogP contribution in [0.2, 0.25) is 0 Å². The van der Waals surface area contributed by atoms with Crippen LogP contribution in [-0.2, 0) is 16.1 Å². The van der Waals surface area contributed by atoms with E-state index in [9.17, 15) is 4.79 Å². The molecule has 1 aromatic carbocycles. The van der Waals surface area contributed by atoms with Crippen LogP contribution in [0.5, 0.6) is 0 Å². The van der Waals surface area contributed by atoms with Crippen LogP contribution < -0.4 is 0 Å².